The Morgan fingerprint density at radius 2 is 1.60 bits per heavy atom. The summed E-state index contributed by atoms with van der Waals surface area (Å²) in [5, 5.41) is 0. The topological polar surface area (TPSA) is 20.7 Å². The molecule has 0 radical (unpaired) electrons. The van der Waals surface area contributed by atoms with Gasteiger partial charge in [0.15, 0.2) is 10.6 Å². The number of nitrogens with one attached hydrogen (secondary N) is 1. The number of imidazole rings is 1. The molecule has 1 aromatic heterocycles. The Hall–Kier alpha value is -2.15. The average Bonchev–Trinajstić information content (AvgIpc) is 2.67. The Balaban J connectivity index is 2.42. The molecule has 0 amide bonds. The Kier molecular flexibility index (Phi) is 2.86. The first-order valence-corrected chi connectivity index (χ1v) is 5.93. The minimum atomic E-state index is -0.883. The first kappa shape index (κ1) is 12.9. The van der Waals surface area contributed by atoms with Crippen molar-refractivity contribution in [1.29, 1.82) is 0 Å². The van der Waals surface area contributed by atoms with Crippen LogP contribution in [0.1, 0.15) is 0 Å². The highest BCUT2D eigenvalue weighted by Gasteiger charge is 2.15. The van der Waals surface area contributed by atoms with Crippen molar-refractivity contribution in [3.8, 4) is 5.69 Å². The molecule has 1 N–H and O–H groups in total. The molecule has 0 aliphatic carbocycles. The minimum absolute atomic E-state index is 0.0185. The summed E-state index contributed by atoms with van der Waals surface area (Å²) in [5.74, 6) is -3.30. The van der Waals surface area contributed by atoms with Crippen LogP contribution in [0, 0.1) is 28.0 Å². The van der Waals surface area contributed by atoms with Crippen LogP contribution in [-0.2, 0) is 0 Å². The fourth-order valence-electron chi connectivity index (χ4n) is 2.03. The number of halogens is 4. The number of aromatic nitrogens is 2. The lowest BCUT2D eigenvalue weighted by Gasteiger charge is -2.06. The molecule has 0 spiro atoms. The summed E-state index contributed by atoms with van der Waals surface area (Å²) < 4.78 is 54.8. The van der Waals surface area contributed by atoms with Crippen molar-refractivity contribution in [1.82, 2.24) is 9.55 Å². The average molecular weight is 298 g/mol. The second-order valence-electron chi connectivity index (χ2n) is 4.14. The van der Waals surface area contributed by atoms with Crippen LogP contribution in [0.3, 0.4) is 0 Å². The van der Waals surface area contributed by atoms with Gasteiger partial charge < -0.3 is 4.98 Å². The number of hydrogen-bond acceptors (Lipinski definition) is 1. The molecule has 0 unspecified atom stereocenters. The van der Waals surface area contributed by atoms with Crippen LogP contribution < -0.4 is 0 Å². The van der Waals surface area contributed by atoms with Gasteiger partial charge in [0.25, 0.3) is 0 Å². The van der Waals surface area contributed by atoms with Gasteiger partial charge in [-0.15, -0.1) is 0 Å². The van der Waals surface area contributed by atoms with E-state index in [1.165, 1.54) is 0 Å². The maximum atomic E-state index is 13.8. The van der Waals surface area contributed by atoms with Crippen molar-refractivity contribution in [2.24, 2.45) is 0 Å². The number of nitrogens with zero attached hydrogens (tertiary/aromatic N) is 1. The Labute approximate surface area is 115 Å². The molecule has 0 saturated heterocycles. The fourth-order valence-corrected chi connectivity index (χ4v) is 2.33. The first-order chi connectivity index (χ1) is 9.47. The first-order valence-electron chi connectivity index (χ1n) is 5.52. The zero-order valence-electron chi connectivity index (χ0n) is 9.75. The molecule has 0 fully saturated rings. The SMILES string of the molecule is Fc1ccc(-n2c(=S)[nH]c3c(F)cc(F)cc32)c(F)c1. The lowest BCUT2D eigenvalue weighted by molar-refractivity contribution is 0.577. The van der Waals surface area contributed by atoms with Crippen molar-refractivity contribution in [3.63, 3.8) is 0 Å². The summed E-state index contributed by atoms with van der Waals surface area (Å²) in [6.07, 6.45) is 0. The van der Waals surface area contributed by atoms with E-state index in [1.54, 1.807) is 0 Å². The van der Waals surface area contributed by atoms with Crippen molar-refractivity contribution in [3.05, 3.63) is 58.4 Å². The Morgan fingerprint density at radius 3 is 2.30 bits per heavy atom. The van der Waals surface area contributed by atoms with Gasteiger partial charge in [-0.2, -0.15) is 0 Å². The van der Waals surface area contributed by atoms with Gasteiger partial charge in [0.05, 0.1) is 11.2 Å². The van der Waals surface area contributed by atoms with Crippen molar-refractivity contribution in [2.75, 3.05) is 0 Å². The molecule has 3 rings (SSSR count). The molecular weight excluding hydrogens is 292 g/mol. The van der Waals surface area contributed by atoms with Gasteiger partial charge in [-0.1, -0.05) is 0 Å². The summed E-state index contributed by atoms with van der Waals surface area (Å²) in [7, 11) is 0. The van der Waals surface area contributed by atoms with Gasteiger partial charge in [0.2, 0.25) is 0 Å². The third-order valence-corrected chi connectivity index (χ3v) is 3.15. The van der Waals surface area contributed by atoms with Gasteiger partial charge in [-0.3, -0.25) is 4.57 Å². The number of rotatable bonds is 1. The molecule has 1 heterocycles. The van der Waals surface area contributed by atoms with E-state index in [2.05, 4.69) is 4.98 Å². The van der Waals surface area contributed by atoms with E-state index in [1.807, 2.05) is 0 Å². The van der Waals surface area contributed by atoms with Crippen LogP contribution >= 0.6 is 12.2 Å². The third kappa shape index (κ3) is 1.90. The van der Waals surface area contributed by atoms with E-state index in [4.69, 9.17) is 12.2 Å². The summed E-state index contributed by atoms with van der Waals surface area (Å²) in [4.78, 5) is 2.54. The third-order valence-electron chi connectivity index (χ3n) is 2.86. The highest BCUT2D eigenvalue weighted by Crippen LogP contribution is 2.24. The standard InChI is InChI=1S/C13H6F4N2S/c14-6-1-2-10(8(16)3-6)19-11-5-7(15)4-9(17)12(11)18-13(19)20/h1-5H,(H,18,20). The molecule has 20 heavy (non-hydrogen) atoms. The molecule has 0 aliphatic rings. The van der Waals surface area contributed by atoms with Crippen LogP contribution in [0.15, 0.2) is 30.3 Å². The van der Waals surface area contributed by atoms with E-state index in [0.29, 0.717) is 12.1 Å². The molecule has 0 bridgehead atoms. The highest BCUT2D eigenvalue weighted by molar-refractivity contribution is 7.71. The second kappa shape index (κ2) is 4.45. The van der Waals surface area contributed by atoms with E-state index in [9.17, 15) is 17.6 Å². The number of benzene rings is 2. The van der Waals surface area contributed by atoms with Gasteiger partial charge in [0, 0.05) is 18.2 Å². The van der Waals surface area contributed by atoms with Crippen molar-refractivity contribution >= 4 is 23.3 Å². The lowest BCUT2D eigenvalue weighted by Crippen LogP contribution is -1.99. The molecule has 2 nitrogen and oxygen atoms in total. The largest absolute Gasteiger partial charge is 0.328 e. The zero-order chi connectivity index (χ0) is 14.4. The van der Waals surface area contributed by atoms with Gasteiger partial charge >= 0.3 is 0 Å². The minimum Gasteiger partial charge on any atom is -0.328 e. The van der Waals surface area contributed by atoms with Crippen LogP contribution in [0.2, 0.25) is 0 Å². The van der Waals surface area contributed by atoms with Crippen molar-refractivity contribution < 1.29 is 17.6 Å². The monoisotopic (exact) mass is 298 g/mol. The van der Waals surface area contributed by atoms with Gasteiger partial charge in [0.1, 0.15) is 23.0 Å². The van der Waals surface area contributed by atoms with Crippen LogP contribution in [0.5, 0.6) is 0 Å². The predicted octanol–water partition coefficient (Wildman–Crippen LogP) is 4.24. The molecule has 2 aromatic carbocycles. The molecule has 0 atom stereocenters. The molecule has 7 heteroatoms. The molecular formula is C13H6F4N2S. The highest BCUT2D eigenvalue weighted by atomic mass is 32.1. The van der Waals surface area contributed by atoms with E-state index in [-0.39, 0.29) is 21.5 Å². The van der Waals surface area contributed by atoms with Crippen LogP contribution in [0.4, 0.5) is 17.6 Å². The van der Waals surface area contributed by atoms with E-state index < -0.39 is 23.3 Å². The summed E-state index contributed by atoms with van der Waals surface area (Å²) >= 11 is 4.99. The maximum Gasteiger partial charge on any atom is 0.182 e. The normalized spacial score (nSPS) is 11.2. The number of aromatic amines is 1. The summed E-state index contributed by atoms with van der Waals surface area (Å²) in [5.41, 5.74) is -0.0919. The number of fused-ring (bicyclic) bond motifs is 1. The predicted molar refractivity (Wildman–Crippen MR) is 68.3 cm³/mol. The second-order valence-corrected chi connectivity index (χ2v) is 4.53. The Bertz CT molecular complexity index is 882. The number of hydrogen-bond donors (Lipinski definition) is 1. The molecule has 3 aromatic rings. The molecule has 0 aliphatic heterocycles. The smallest absolute Gasteiger partial charge is 0.182 e. The van der Waals surface area contributed by atoms with Gasteiger partial charge in [-0.25, -0.2) is 17.6 Å². The zero-order valence-corrected chi connectivity index (χ0v) is 10.6. The van der Waals surface area contributed by atoms with E-state index >= 15 is 0 Å². The fraction of sp³-hybridized carbons (Fsp3) is 0. The summed E-state index contributed by atoms with van der Waals surface area (Å²) in [6.45, 7) is 0. The van der Waals surface area contributed by atoms with Crippen LogP contribution in [0.25, 0.3) is 16.7 Å². The van der Waals surface area contributed by atoms with Gasteiger partial charge in [-0.05, 0) is 24.4 Å². The Morgan fingerprint density at radius 1 is 0.900 bits per heavy atom. The quantitative estimate of drug-likeness (QED) is 0.526. The van der Waals surface area contributed by atoms with Crippen LogP contribution in [-0.4, -0.2) is 9.55 Å². The molecule has 0 saturated carbocycles. The molecule has 102 valence electrons. The lowest BCUT2D eigenvalue weighted by atomic mass is 10.2. The number of H-pyrrole nitrogens is 1. The van der Waals surface area contributed by atoms with E-state index in [0.717, 1.165) is 22.8 Å². The van der Waals surface area contributed by atoms with Crippen molar-refractivity contribution in [2.45, 2.75) is 0 Å². The summed E-state index contributed by atoms with van der Waals surface area (Å²) in [6, 6.07) is 4.57. The maximum absolute atomic E-state index is 13.8.